The number of fused-ring (bicyclic) bond motifs is 4. The summed E-state index contributed by atoms with van der Waals surface area (Å²) in [5.74, 6) is 0.372. The second kappa shape index (κ2) is 43.9. The molecule has 2 aliphatic carbocycles. The van der Waals surface area contributed by atoms with Crippen LogP contribution < -0.4 is 31.3 Å². The molecule has 4 unspecified atom stereocenters. The Bertz CT molecular complexity index is 4270. The summed E-state index contributed by atoms with van der Waals surface area (Å²) < 4.78 is 39.8. The number of aliphatic imine (C=N–C) groups is 2. The molecule has 10 atom stereocenters. The number of amides is 7. The first-order valence-corrected chi connectivity index (χ1v) is 39.3. The molecule has 30 heteroatoms. The molecule has 6 aliphatic rings. The van der Waals surface area contributed by atoms with Crippen molar-refractivity contribution in [3.63, 3.8) is 0 Å². The topological polar surface area (TPSA) is 401 Å². The highest BCUT2D eigenvalue weighted by Gasteiger charge is 2.41. The highest BCUT2D eigenvalue weighted by Crippen LogP contribution is 2.39. The first-order valence-electron chi connectivity index (χ1n) is 39.3. The Kier molecular flexibility index (Phi) is 33.5. The zero-order valence-electron chi connectivity index (χ0n) is 66.0. The molecule has 0 spiro atoms. The molecule has 3 aromatic carbocycles. The van der Waals surface area contributed by atoms with E-state index in [9.17, 15) is 62.6 Å². The SMILES string of the molecule is COC1=CC2C(=O)N3C=C(c4ccc(C)cc4)C[C@H]3C=NC2C=C1OCCCOc1cc2c(cc1C)C(=O)N1C=C(c3ccc(CC(=O)[C@H](C)NC(=O)[C@@H](CC(=O)C(CCC(=O)NCCOCCOCCCC(=O)CC[C@H](NC(=O)N[C@@H](CCC(=O)O)OC=O)C(=O)O)NC(=O)COC4C#CCCCCC4)C(C)C)cc3)C[C@H]1C=N2. The number of hydrogen-bond donors (Lipinski definition) is 7. The predicted octanol–water partition coefficient (Wildman–Crippen LogP) is 8.06. The van der Waals surface area contributed by atoms with E-state index in [-0.39, 0.29) is 139 Å². The summed E-state index contributed by atoms with van der Waals surface area (Å²) in [6.07, 6.45) is 13.8. The molecule has 0 aromatic heterocycles. The maximum atomic E-state index is 14.3. The standard InChI is InChI=1S/C85H105N9O21/c1-52(2)65(42-73(98)68(90-78(100)50-114-64-15-10-8-7-9-11-16-64)27-28-77(99)86-31-35-111-37-36-110-32-12-14-63(96)25-26-69(84(106)107)91-85(108)92-79(115-51-95)29-30-80(101)102)81(103)89-55(5)72(97)39-56-19-23-58(24-20-56)60-41-61-46-87-70-44-74(54(4)38-66(70)82(104)93(61)49-60)112-33-13-34-113-76-45-71-67(43-75(76)109-6)83(105)94-48-59(40-62(94)47-88-71)57-21-17-53(3)18-22-57/h17-24,38,43-49,51-52,55,61-62,64-65,67-69,71,79H,7-10,12-15,25-37,39-42,50H2,1-6H3,(H,86,99)(H,89,103)(H,90,100)(H,101,102)(H,106,107)(H2,91,92,108)/t55-,61-,62-,64?,65-,67?,68?,69-,71?,79+/m0/s1. The lowest BCUT2D eigenvalue weighted by Crippen LogP contribution is -2.49. The second-order valence-electron chi connectivity index (χ2n) is 29.6. The van der Waals surface area contributed by atoms with E-state index in [2.05, 4.69) is 67.4 Å². The number of Topliss-reactive ketones (excluding diaryl/α,β-unsaturated/α-hetero) is 3. The van der Waals surface area contributed by atoms with E-state index in [1.807, 2.05) is 62.8 Å². The van der Waals surface area contributed by atoms with E-state index in [1.54, 1.807) is 62.1 Å². The van der Waals surface area contributed by atoms with Crippen LogP contribution in [0.5, 0.6) is 5.75 Å². The molecular weight excluding hydrogens is 1480 g/mol. The number of methoxy groups -OCH3 is 1. The number of carbonyl (C=O) groups excluding carboxylic acids is 10. The van der Waals surface area contributed by atoms with E-state index < -0.39 is 96.2 Å². The Labute approximate surface area is 669 Å². The van der Waals surface area contributed by atoms with Gasteiger partial charge in [0.1, 0.15) is 30.3 Å². The number of aryl methyl sites for hydroxylation is 2. The molecule has 0 saturated heterocycles. The predicted molar refractivity (Wildman–Crippen MR) is 423 cm³/mol. The smallest absolute Gasteiger partial charge is 0.326 e. The van der Waals surface area contributed by atoms with Gasteiger partial charge in [0.15, 0.2) is 29.3 Å². The molecule has 4 aliphatic heterocycles. The van der Waals surface area contributed by atoms with Gasteiger partial charge in [-0.2, -0.15) is 0 Å². The van der Waals surface area contributed by atoms with Gasteiger partial charge in [0.2, 0.25) is 23.6 Å². The average molecular weight is 1590 g/mol. The molecule has 0 fully saturated rings. The number of carboxylic acid groups (broad SMARTS) is 2. The molecule has 7 N–H and O–H groups in total. The minimum atomic E-state index is -1.46. The van der Waals surface area contributed by atoms with Crippen molar-refractivity contribution in [3.05, 3.63) is 130 Å². The summed E-state index contributed by atoms with van der Waals surface area (Å²) in [5.41, 5.74) is 7.47. The largest absolute Gasteiger partial charge is 0.493 e. The van der Waals surface area contributed by atoms with Gasteiger partial charge < -0.3 is 79.8 Å². The van der Waals surface area contributed by atoms with Crippen molar-refractivity contribution < 1.29 is 101 Å². The number of carbonyl (C=O) groups is 12. The van der Waals surface area contributed by atoms with Crippen LogP contribution in [0.3, 0.4) is 0 Å². The highest BCUT2D eigenvalue weighted by atomic mass is 16.5. The van der Waals surface area contributed by atoms with Gasteiger partial charge in [-0.15, -0.1) is 5.92 Å². The van der Waals surface area contributed by atoms with Gasteiger partial charge in [0.05, 0.1) is 93.9 Å². The van der Waals surface area contributed by atoms with Gasteiger partial charge in [0.25, 0.3) is 12.4 Å². The number of urea groups is 1. The molecule has 30 nitrogen and oxygen atoms in total. The van der Waals surface area contributed by atoms with Crippen LogP contribution in [0.4, 0.5) is 10.5 Å². The summed E-state index contributed by atoms with van der Waals surface area (Å²) in [7, 11) is 1.55. The Balaban J connectivity index is 0.686. The lowest BCUT2D eigenvalue weighted by atomic mass is 9.87. The maximum absolute atomic E-state index is 14.3. The number of ketones is 3. The molecule has 0 radical (unpaired) electrons. The van der Waals surface area contributed by atoms with Crippen LogP contribution in [0.15, 0.2) is 107 Å². The third-order valence-electron chi connectivity index (χ3n) is 20.6. The number of ether oxygens (including phenoxy) is 7. The van der Waals surface area contributed by atoms with E-state index in [1.165, 1.54) is 5.56 Å². The Hall–Kier alpha value is -11.2. The molecule has 0 bridgehead atoms. The van der Waals surface area contributed by atoms with E-state index in [0.717, 1.165) is 53.5 Å². The number of hydrogen-bond acceptors (Lipinski definition) is 21. The van der Waals surface area contributed by atoms with Gasteiger partial charge in [0, 0.05) is 114 Å². The summed E-state index contributed by atoms with van der Waals surface area (Å²) >= 11 is 0. The molecule has 3 aromatic rings. The van der Waals surface area contributed by atoms with Crippen molar-refractivity contribution in [2.75, 3.05) is 59.9 Å². The maximum Gasteiger partial charge on any atom is 0.326 e. The lowest BCUT2D eigenvalue weighted by molar-refractivity contribution is -0.141. The Morgan fingerprint density at radius 3 is 2.11 bits per heavy atom. The van der Waals surface area contributed by atoms with Crippen LogP contribution in [-0.4, -0.2) is 212 Å². The Morgan fingerprint density at radius 2 is 1.40 bits per heavy atom. The van der Waals surface area contributed by atoms with Crippen molar-refractivity contribution >= 4 is 101 Å². The van der Waals surface area contributed by atoms with E-state index >= 15 is 0 Å². The normalized spacial score (nSPS) is 19.2. The van der Waals surface area contributed by atoms with Crippen LogP contribution in [0.2, 0.25) is 0 Å². The van der Waals surface area contributed by atoms with Crippen LogP contribution in [-0.2, 0) is 82.8 Å². The second-order valence-corrected chi connectivity index (χ2v) is 29.6. The summed E-state index contributed by atoms with van der Waals surface area (Å²) in [4.78, 5) is 168. The third-order valence-corrected chi connectivity index (χ3v) is 20.6. The third kappa shape index (κ3) is 26.4. The van der Waals surface area contributed by atoms with Crippen LogP contribution in [0.1, 0.15) is 168 Å². The summed E-state index contributed by atoms with van der Waals surface area (Å²) in [6, 6.07) is 13.7. The zero-order valence-corrected chi connectivity index (χ0v) is 66.0. The highest BCUT2D eigenvalue weighted by molar-refractivity contribution is 6.05. The number of nitrogens with one attached hydrogen (secondary N) is 5. The molecule has 7 amide bonds. The van der Waals surface area contributed by atoms with Gasteiger partial charge >= 0.3 is 18.0 Å². The van der Waals surface area contributed by atoms with E-state index in [0.29, 0.717) is 79.4 Å². The minimum Gasteiger partial charge on any atom is -0.493 e. The van der Waals surface area contributed by atoms with Crippen LogP contribution in [0, 0.1) is 43.4 Å². The first kappa shape index (κ1) is 87.8. The van der Waals surface area contributed by atoms with Gasteiger partial charge in [-0.25, -0.2) is 9.59 Å². The molecular formula is C85H105N9O21. The van der Waals surface area contributed by atoms with Gasteiger partial charge in [-0.3, -0.25) is 57.9 Å². The minimum absolute atomic E-state index is 0.0129. The number of carboxylic acids is 2. The van der Waals surface area contributed by atoms with Crippen LogP contribution in [0.25, 0.3) is 11.1 Å². The van der Waals surface area contributed by atoms with Crippen molar-refractivity contribution in [1.29, 1.82) is 0 Å². The Morgan fingerprint density at radius 1 is 0.696 bits per heavy atom. The fourth-order valence-corrected chi connectivity index (χ4v) is 13.9. The summed E-state index contributed by atoms with van der Waals surface area (Å²) in [6.45, 7) is 9.98. The molecule has 0 saturated carbocycles. The molecule has 616 valence electrons. The van der Waals surface area contributed by atoms with Crippen molar-refractivity contribution in [2.24, 2.45) is 27.7 Å². The lowest BCUT2D eigenvalue weighted by Gasteiger charge is -2.27. The summed E-state index contributed by atoms with van der Waals surface area (Å²) in [5, 5.41) is 31.1. The fourth-order valence-electron chi connectivity index (χ4n) is 13.9. The molecule has 4 heterocycles. The quantitative estimate of drug-likeness (QED) is 0.0122. The van der Waals surface area contributed by atoms with Gasteiger partial charge in [-0.05, 0) is 117 Å². The number of aliphatic carboxylic acids is 2. The number of benzene rings is 3. The van der Waals surface area contributed by atoms with Crippen molar-refractivity contribution in [1.82, 2.24) is 36.4 Å². The average Bonchev–Trinajstić information content (AvgIpc) is 1.65. The van der Waals surface area contributed by atoms with Crippen molar-refractivity contribution in [3.8, 4) is 17.6 Å². The monoisotopic (exact) mass is 1590 g/mol. The molecule has 9 rings (SSSR count). The first-order chi connectivity index (χ1) is 55.3. The van der Waals surface area contributed by atoms with E-state index in [4.69, 9.17) is 43.5 Å². The number of rotatable bonds is 46. The number of nitrogens with zero attached hydrogens (tertiary/aromatic N) is 4. The van der Waals surface area contributed by atoms with Gasteiger partial charge in [-0.1, -0.05) is 80.3 Å². The van der Waals surface area contributed by atoms with Crippen molar-refractivity contribution in [2.45, 2.75) is 199 Å². The van der Waals surface area contributed by atoms with Crippen LogP contribution >= 0.6 is 0 Å². The zero-order chi connectivity index (χ0) is 82.5. The fraction of sp³-hybridized carbons (Fsp3) is 0.506. The molecule has 115 heavy (non-hydrogen) atoms.